The molecule has 6 nitrogen and oxygen atoms in total. The number of anilines is 1. The number of amides is 1. The zero-order valence-corrected chi connectivity index (χ0v) is 18.8. The van der Waals surface area contributed by atoms with E-state index in [1.165, 1.54) is 25.3 Å². The molecule has 3 rings (SSSR count). The van der Waals surface area contributed by atoms with Crippen molar-refractivity contribution in [2.45, 2.75) is 18.4 Å². The van der Waals surface area contributed by atoms with Crippen LogP contribution < -0.4 is 14.4 Å². The molecule has 0 aromatic heterocycles. The molecule has 31 heavy (non-hydrogen) atoms. The standard InChI is InChI=1S/C23H23ClN2O4S/c1-17-8-6-7-9-18(17)15-25-23(27)16-26(19-12-13-22(30-2)21(24)14-19)31(28,29)20-10-4-3-5-11-20/h3-14H,15-16H2,1-2H3,(H,25,27). The van der Waals surface area contributed by atoms with Crippen LogP contribution in [0.2, 0.25) is 5.02 Å². The molecular weight excluding hydrogens is 436 g/mol. The molecule has 3 aromatic rings. The number of aryl methyl sites for hydroxylation is 1. The number of sulfonamides is 1. The number of methoxy groups -OCH3 is 1. The molecule has 0 heterocycles. The molecule has 0 saturated carbocycles. The maximum Gasteiger partial charge on any atom is 0.264 e. The Bertz CT molecular complexity index is 1170. The van der Waals surface area contributed by atoms with Crippen molar-refractivity contribution in [2.75, 3.05) is 18.0 Å². The average molecular weight is 459 g/mol. The van der Waals surface area contributed by atoms with Crippen LogP contribution in [-0.4, -0.2) is 28.0 Å². The highest BCUT2D eigenvalue weighted by molar-refractivity contribution is 7.92. The lowest BCUT2D eigenvalue weighted by Gasteiger charge is -2.24. The van der Waals surface area contributed by atoms with Gasteiger partial charge in [0.2, 0.25) is 5.91 Å². The molecule has 0 spiro atoms. The Morgan fingerprint density at radius 1 is 1.03 bits per heavy atom. The number of nitrogens with zero attached hydrogens (tertiary/aromatic N) is 1. The van der Waals surface area contributed by atoms with Gasteiger partial charge in [-0.2, -0.15) is 0 Å². The fourth-order valence-electron chi connectivity index (χ4n) is 3.03. The second kappa shape index (κ2) is 9.85. The molecule has 0 aliphatic rings. The van der Waals surface area contributed by atoms with Gasteiger partial charge in [-0.3, -0.25) is 9.10 Å². The molecule has 0 saturated heterocycles. The second-order valence-electron chi connectivity index (χ2n) is 6.85. The number of halogens is 1. The highest BCUT2D eigenvalue weighted by atomic mass is 35.5. The molecule has 0 fully saturated rings. The van der Waals surface area contributed by atoms with Crippen LogP contribution in [0.5, 0.6) is 5.75 Å². The lowest BCUT2D eigenvalue weighted by Crippen LogP contribution is -2.40. The van der Waals surface area contributed by atoms with Crippen LogP contribution in [-0.2, 0) is 21.4 Å². The zero-order valence-electron chi connectivity index (χ0n) is 17.2. The Morgan fingerprint density at radius 2 is 1.71 bits per heavy atom. The zero-order chi connectivity index (χ0) is 22.4. The summed E-state index contributed by atoms with van der Waals surface area (Å²) in [5, 5.41) is 3.04. The first-order valence-electron chi connectivity index (χ1n) is 9.55. The van der Waals surface area contributed by atoms with Gasteiger partial charge in [-0.15, -0.1) is 0 Å². The van der Waals surface area contributed by atoms with Crippen LogP contribution in [0.15, 0.2) is 77.7 Å². The smallest absolute Gasteiger partial charge is 0.264 e. The third-order valence-corrected chi connectivity index (χ3v) is 6.86. The van der Waals surface area contributed by atoms with E-state index in [2.05, 4.69) is 5.32 Å². The highest BCUT2D eigenvalue weighted by Gasteiger charge is 2.27. The van der Waals surface area contributed by atoms with Crippen LogP contribution in [0.3, 0.4) is 0 Å². The van der Waals surface area contributed by atoms with Crippen LogP contribution in [0.4, 0.5) is 5.69 Å². The van der Waals surface area contributed by atoms with Crippen molar-refractivity contribution >= 4 is 33.2 Å². The second-order valence-corrected chi connectivity index (χ2v) is 9.12. The van der Waals surface area contributed by atoms with Gasteiger partial charge in [0.25, 0.3) is 10.0 Å². The number of benzene rings is 3. The van der Waals surface area contributed by atoms with Crippen LogP contribution in [0.25, 0.3) is 0 Å². The van der Waals surface area contributed by atoms with E-state index in [9.17, 15) is 13.2 Å². The summed E-state index contributed by atoms with van der Waals surface area (Å²) < 4.78 is 32.9. The predicted octanol–water partition coefficient (Wildman–Crippen LogP) is 4.17. The van der Waals surface area contributed by atoms with Crippen LogP contribution >= 0.6 is 11.6 Å². The predicted molar refractivity (Wildman–Crippen MR) is 122 cm³/mol. The summed E-state index contributed by atoms with van der Waals surface area (Å²) in [5.41, 5.74) is 2.26. The quantitative estimate of drug-likeness (QED) is 0.549. The first-order chi connectivity index (χ1) is 14.8. The van der Waals surface area contributed by atoms with Gasteiger partial charge in [0.05, 0.1) is 22.7 Å². The van der Waals surface area contributed by atoms with Crippen molar-refractivity contribution in [2.24, 2.45) is 0 Å². The Balaban J connectivity index is 1.90. The van der Waals surface area contributed by atoms with E-state index in [0.717, 1.165) is 15.4 Å². The number of nitrogens with one attached hydrogen (secondary N) is 1. The van der Waals surface area contributed by atoms with E-state index in [1.807, 2.05) is 31.2 Å². The highest BCUT2D eigenvalue weighted by Crippen LogP contribution is 2.31. The van der Waals surface area contributed by atoms with Gasteiger partial charge in [-0.25, -0.2) is 8.42 Å². The van der Waals surface area contributed by atoms with Gasteiger partial charge in [0.1, 0.15) is 12.3 Å². The fourth-order valence-corrected chi connectivity index (χ4v) is 4.72. The SMILES string of the molecule is COc1ccc(N(CC(=O)NCc2ccccc2C)S(=O)(=O)c2ccccc2)cc1Cl. The van der Waals surface area contributed by atoms with Gasteiger partial charge < -0.3 is 10.1 Å². The van der Waals surface area contributed by atoms with Crippen molar-refractivity contribution in [3.8, 4) is 5.75 Å². The summed E-state index contributed by atoms with van der Waals surface area (Å²) in [4.78, 5) is 12.8. The minimum atomic E-state index is -4.00. The summed E-state index contributed by atoms with van der Waals surface area (Å²) in [5.74, 6) is -0.0267. The van der Waals surface area contributed by atoms with Gasteiger partial charge in [-0.1, -0.05) is 54.1 Å². The van der Waals surface area contributed by atoms with Crippen molar-refractivity contribution in [3.05, 3.63) is 88.9 Å². The minimum absolute atomic E-state index is 0.0774. The Morgan fingerprint density at radius 3 is 2.35 bits per heavy atom. The number of ether oxygens (including phenoxy) is 1. The van der Waals surface area contributed by atoms with E-state index in [-0.39, 0.29) is 15.6 Å². The maximum absolute atomic E-state index is 13.3. The van der Waals surface area contributed by atoms with Crippen molar-refractivity contribution in [3.63, 3.8) is 0 Å². The molecule has 8 heteroatoms. The summed E-state index contributed by atoms with van der Waals surface area (Å²) in [6.45, 7) is 1.85. The van der Waals surface area contributed by atoms with Gasteiger partial charge in [-0.05, 0) is 48.4 Å². The number of hydrogen-bond acceptors (Lipinski definition) is 4. The molecule has 0 aliphatic heterocycles. The average Bonchev–Trinajstić information content (AvgIpc) is 2.77. The molecule has 162 valence electrons. The van der Waals surface area contributed by atoms with Crippen LogP contribution in [0, 0.1) is 6.92 Å². The molecule has 0 radical (unpaired) electrons. The van der Waals surface area contributed by atoms with Gasteiger partial charge in [0.15, 0.2) is 0 Å². The molecule has 0 unspecified atom stereocenters. The van der Waals surface area contributed by atoms with E-state index >= 15 is 0 Å². The molecule has 3 aromatic carbocycles. The lowest BCUT2D eigenvalue weighted by atomic mass is 10.1. The Kier molecular flexibility index (Phi) is 7.20. The third-order valence-electron chi connectivity index (χ3n) is 4.78. The number of hydrogen-bond donors (Lipinski definition) is 1. The first-order valence-corrected chi connectivity index (χ1v) is 11.4. The lowest BCUT2D eigenvalue weighted by molar-refractivity contribution is -0.119. The first kappa shape index (κ1) is 22.7. The van der Waals surface area contributed by atoms with Crippen molar-refractivity contribution < 1.29 is 17.9 Å². The number of carbonyl (C=O) groups is 1. The topological polar surface area (TPSA) is 75.7 Å². The molecule has 0 bridgehead atoms. The Labute approximate surface area is 187 Å². The summed E-state index contributed by atoms with van der Waals surface area (Å²) in [6, 6.07) is 20.2. The van der Waals surface area contributed by atoms with Crippen molar-refractivity contribution in [1.82, 2.24) is 5.32 Å². The van der Waals surface area contributed by atoms with E-state index in [0.29, 0.717) is 12.3 Å². The normalized spacial score (nSPS) is 11.1. The summed E-state index contributed by atoms with van der Waals surface area (Å²) >= 11 is 6.22. The van der Waals surface area contributed by atoms with Crippen molar-refractivity contribution in [1.29, 1.82) is 0 Å². The molecular formula is C23H23ClN2O4S. The monoisotopic (exact) mass is 458 g/mol. The van der Waals surface area contributed by atoms with Gasteiger partial charge >= 0.3 is 0 Å². The Hall–Kier alpha value is -3.03. The number of carbonyl (C=O) groups excluding carboxylic acids is 1. The van der Waals surface area contributed by atoms with Crippen LogP contribution in [0.1, 0.15) is 11.1 Å². The molecule has 1 amide bonds. The third kappa shape index (κ3) is 5.37. The molecule has 1 N–H and O–H groups in total. The van der Waals surface area contributed by atoms with E-state index in [4.69, 9.17) is 16.3 Å². The maximum atomic E-state index is 13.3. The van der Waals surface area contributed by atoms with Gasteiger partial charge in [0, 0.05) is 6.54 Å². The van der Waals surface area contributed by atoms with E-state index in [1.54, 1.807) is 30.3 Å². The minimum Gasteiger partial charge on any atom is -0.495 e. The summed E-state index contributed by atoms with van der Waals surface area (Å²) in [6.07, 6.45) is 0. The van der Waals surface area contributed by atoms with E-state index < -0.39 is 22.5 Å². The largest absolute Gasteiger partial charge is 0.495 e. The number of rotatable bonds is 8. The molecule has 0 atom stereocenters. The summed E-state index contributed by atoms with van der Waals surface area (Å²) in [7, 11) is -2.53. The molecule has 0 aliphatic carbocycles. The fraction of sp³-hybridized carbons (Fsp3) is 0.174.